The third kappa shape index (κ3) is 6.18. The molecule has 0 spiro atoms. The molecular formula is C27H34N4O4S2. The molecule has 0 bridgehead atoms. The third-order valence-electron chi connectivity index (χ3n) is 6.30. The number of hydrogen-bond donors (Lipinski definition) is 1. The Bertz CT molecular complexity index is 1280. The van der Waals surface area contributed by atoms with Crippen LogP contribution < -0.4 is 10.1 Å². The lowest BCUT2D eigenvalue weighted by Gasteiger charge is -2.17. The maximum absolute atomic E-state index is 12.9. The van der Waals surface area contributed by atoms with Crippen molar-refractivity contribution in [1.29, 1.82) is 0 Å². The minimum absolute atomic E-state index is 0.148. The summed E-state index contributed by atoms with van der Waals surface area (Å²) in [4.78, 5) is 26.8. The Balaban J connectivity index is 1.44. The Morgan fingerprint density at radius 1 is 1.19 bits per heavy atom. The first kappa shape index (κ1) is 27.2. The van der Waals surface area contributed by atoms with E-state index in [2.05, 4.69) is 28.5 Å². The molecule has 1 unspecified atom stereocenters. The van der Waals surface area contributed by atoms with Crippen LogP contribution in [-0.4, -0.2) is 39.0 Å². The zero-order chi connectivity index (χ0) is 26.5. The molecule has 3 aromatic rings. The smallest absolute Gasteiger partial charge is 0.341 e. The van der Waals surface area contributed by atoms with Crippen LogP contribution in [-0.2, 0) is 28.9 Å². The molecule has 2 aromatic heterocycles. The van der Waals surface area contributed by atoms with E-state index >= 15 is 0 Å². The highest BCUT2D eigenvalue weighted by molar-refractivity contribution is 7.99. The number of amides is 1. The second-order valence-corrected chi connectivity index (χ2v) is 11.1. The van der Waals surface area contributed by atoms with Gasteiger partial charge < -0.3 is 19.4 Å². The fraction of sp³-hybridized carbons (Fsp3) is 0.481. The molecule has 0 aliphatic heterocycles. The number of hydrogen-bond acceptors (Lipinski definition) is 8. The number of rotatable bonds is 10. The molecular weight excluding hydrogens is 508 g/mol. The standard InChI is InChI=1S/C27H34N4O4S2/c1-6-31-24(18(5)35-20-13-12-16(3)14-17(20)4)29-30-27(31)36-15-22(32)28-25-23(26(33)34-7-2)19-10-8-9-11-21(19)37-25/h12-14,18H,6-11,15H2,1-5H3,(H,28,32). The predicted octanol–water partition coefficient (Wildman–Crippen LogP) is 5.90. The molecule has 0 radical (unpaired) electrons. The average molecular weight is 543 g/mol. The van der Waals surface area contributed by atoms with Gasteiger partial charge >= 0.3 is 5.97 Å². The van der Waals surface area contributed by atoms with E-state index in [1.54, 1.807) is 6.92 Å². The van der Waals surface area contributed by atoms with E-state index in [1.165, 1.54) is 33.5 Å². The van der Waals surface area contributed by atoms with Crippen LogP contribution in [0.5, 0.6) is 5.75 Å². The zero-order valence-corrected chi connectivity index (χ0v) is 23.7. The molecule has 8 nitrogen and oxygen atoms in total. The summed E-state index contributed by atoms with van der Waals surface area (Å²) < 4.78 is 13.5. The largest absolute Gasteiger partial charge is 0.482 e. The number of carbonyl (C=O) groups is 2. The van der Waals surface area contributed by atoms with Gasteiger partial charge in [0.05, 0.1) is 17.9 Å². The number of esters is 1. The van der Waals surface area contributed by atoms with Crippen molar-refractivity contribution < 1.29 is 19.1 Å². The third-order valence-corrected chi connectivity index (χ3v) is 8.47. The molecule has 2 heterocycles. The van der Waals surface area contributed by atoms with Gasteiger partial charge in [0.2, 0.25) is 5.91 Å². The molecule has 37 heavy (non-hydrogen) atoms. The number of aryl methyl sites for hydroxylation is 3. The molecule has 0 saturated carbocycles. The lowest BCUT2D eigenvalue weighted by atomic mass is 9.95. The molecule has 10 heteroatoms. The number of thioether (sulfide) groups is 1. The second-order valence-electron chi connectivity index (χ2n) is 9.09. The summed E-state index contributed by atoms with van der Waals surface area (Å²) in [5, 5.41) is 12.9. The van der Waals surface area contributed by atoms with E-state index in [0.29, 0.717) is 34.7 Å². The van der Waals surface area contributed by atoms with Crippen molar-refractivity contribution in [2.75, 3.05) is 17.7 Å². The highest BCUT2D eigenvalue weighted by atomic mass is 32.2. The zero-order valence-electron chi connectivity index (χ0n) is 22.1. The Morgan fingerprint density at radius 3 is 2.70 bits per heavy atom. The number of nitrogens with one attached hydrogen (secondary N) is 1. The Labute approximate surface area is 226 Å². The monoisotopic (exact) mass is 542 g/mol. The van der Waals surface area contributed by atoms with Crippen molar-refractivity contribution in [3.63, 3.8) is 0 Å². The maximum Gasteiger partial charge on any atom is 0.341 e. The van der Waals surface area contributed by atoms with Gasteiger partial charge in [-0.05, 0) is 77.5 Å². The first-order valence-corrected chi connectivity index (χ1v) is 14.5. The van der Waals surface area contributed by atoms with Gasteiger partial charge in [0.25, 0.3) is 0 Å². The fourth-order valence-corrected chi connectivity index (χ4v) is 6.65. The summed E-state index contributed by atoms with van der Waals surface area (Å²) in [6, 6.07) is 6.08. The summed E-state index contributed by atoms with van der Waals surface area (Å²) in [6.07, 6.45) is 3.61. The fourth-order valence-electron chi connectivity index (χ4n) is 4.55. The number of aromatic nitrogens is 3. The first-order chi connectivity index (χ1) is 17.8. The van der Waals surface area contributed by atoms with Gasteiger partial charge in [-0.15, -0.1) is 21.5 Å². The van der Waals surface area contributed by atoms with E-state index in [9.17, 15) is 9.59 Å². The summed E-state index contributed by atoms with van der Waals surface area (Å²) in [7, 11) is 0. The number of benzene rings is 1. The maximum atomic E-state index is 12.9. The van der Waals surface area contributed by atoms with Gasteiger partial charge in [-0.2, -0.15) is 0 Å². The molecule has 0 saturated heterocycles. The van der Waals surface area contributed by atoms with Gasteiger partial charge in [-0.3, -0.25) is 4.79 Å². The van der Waals surface area contributed by atoms with Crippen LogP contribution in [0, 0.1) is 13.8 Å². The Hall–Kier alpha value is -2.85. The van der Waals surface area contributed by atoms with Crippen molar-refractivity contribution in [3.8, 4) is 5.75 Å². The van der Waals surface area contributed by atoms with Gasteiger partial charge in [0.15, 0.2) is 17.1 Å². The van der Waals surface area contributed by atoms with Crippen LogP contribution in [0.3, 0.4) is 0 Å². The first-order valence-electron chi connectivity index (χ1n) is 12.7. The lowest BCUT2D eigenvalue weighted by Crippen LogP contribution is -2.17. The summed E-state index contributed by atoms with van der Waals surface area (Å²) in [5.74, 6) is 1.11. The van der Waals surface area contributed by atoms with E-state index in [-0.39, 0.29) is 23.7 Å². The molecule has 1 amide bonds. The van der Waals surface area contributed by atoms with Crippen molar-refractivity contribution in [2.24, 2.45) is 0 Å². The average Bonchev–Trinajstić information content (AvgIpc) is 3.45. The van der Waals surface area contributed by atoms with Crippen LogP contribution in [0.2, 0.25) is 0 Å². The summed E-state index contributed by atoms with van der Waals surface area (Å²) in [6.45, 7) is 10.8. The summed E-state index contributed by atoms with van der Waals surface area (Å²) in [5.41, 5.74) is 3.81. The molecule has 1 aliphatic rings. The van der Waals surface area contributed by atoms with Gasteiger partial charge in [-0.1, -0.05) is 29.5 Å². The molecule has 4 rings (SSSR count). The topological polar surface area (TPSA) is 95.3 Å². The van der Waals surface area contributed by atoms with E-state index in [4.69, 9.17) is 9.47 Å². The van der Waals surface area contributed by atoms with Crippen LogP contribution in [0.25, 0.3) is 0 Å². The van der Waals surface area contributed by atoms with Crippen LogP contribution in [0.1, 0.15) is 77.5 Å². The molecule has 0 fully saturated rings. The Kier molecular flexibility index (Phi) is 8.91. The number of fused-ring (bicyclic) bond motifs is 1. The number of anilines is 1. The summed E-state index contributed by atoms with van der Waals surface area (Å²) >= 11 is 2.81. The number of nitrogens with zero attached hydrogens (tertiary/aromatic N) is 3. The highest BCUT2D eigenvalue weighted by Gasteiger charge is 2.27. The minimum Gasteiger partial charge on any atom is -0.482 e. The van der Waals surface area contributed by atoms with E-state index in [0.717, 1.165) is 42.6 Å². The van der Waals surface area contributed by atoms with Gasteiger partial charge in [0, 0.05) is 11.4 Å². The number of ether oxygens (including phenoxy) is 2. The van der Waals surface area contributed by atoms with E-state index < -0.39 is 0 Å². The van der Waals surface area contributed by atoms with Gasteiger partial charge in [0.1, 0.15) is 10.8 Å². The minimum atomic E-state index is -0.363. The van der Waals surface area contributed by atoms with Crippen molar-refractivity contribution in [2.45, 2.75) is 78.1 Å². The Morgan fingerprint density at radius 2 is 1.97 bits per heavy atom. The quantitative estimate of drug-likeness (QED) is 0.252. The number of thiophene rings is 1. The van der Waals surface area contributed by atoms with Gasteiger partial charge in [-0.25, -0.2) is 4.79 Å². The molecule has 198 valence electrons. The molecule has 1 atom stereocenters. The number of carbonyl (C=O) groups excluding carboxylic acids is 2. The second kappa shape index (κ2) is 12.1. The predicted molar refractivity (Wildman–Crippen MR) is 147 cm³/mol. The molecule has 1 N–H and O–H groups in total. The van der Waals surface area contributed by atoms with Crippen LogP contribution >= 0.6 is 23.1 Å². The highest BCUT2D eigenvalue weighted by Crippen LogP contribution is 2.39. The van der Waals surface area contributed by atoms with Crippen molar-refractivity contribution >= 4 is 40.0 Å². The van der Waals surface area contributed by atoms with Crippen molar-refractivity contribution in [3.05, 3.63) is 51.2 Å². The molecule has 1 aliphatic carbocycles. The van der Waals surface area contributed by atoms with E-state index in [1.807, 2.05) is 37.5 Å². The van der Waals surface area contributed by atoms with Crippen LogP contribution in [0.4, 0.5) is 5.00 Å². The van der Waals surface area contributed by atoms with Crippen molar-refractivity contribution in [1.82, 2.24) is 14.8 Å². The molecule has 1 aromatic carbocycles. The normalized spacial score (nSPS) is 13.6. The SMILES string of the molecule is CCOC(=O)c1c(NC(=O)CSc2nnc(C(C)Oc3ccc(C)cc3C)n2CC)sc2c1CCCC2. The lowest BCUT2D eigenvalue weighted by molar-refractivity contribution is -0.113. The van der Waals surface area contributed by atoms with Crippen LogP contribution in [0.15, 0.2) is 23.4 Å².